The zero-order valence-corrected chi connectivity index (χ0v) is 8.84. The number of nitrogens with zero attached hydrogens (tertiary/aromatic N) is 2. The molecule has 76 valence electrons. The minimum absolute atomic E-state index is 0.123. The summed E-state index contributed by atoms with van der Waals surface area (Å²) in [6.45, 7) is 1.67. The third kappa shape index (κ3) is 2.08. The summed E-state index contributed by atoms with van der Waals surface area (Å²) in [4.78, 5) is 13.6. The van der Waals surface area contributed by atoms with Crippen LogP contribution in [-0.4, -0.2) is 19.9 Å². The first-order valence-electron chi connectivity index (χ1n) is 3.75. The van der Waals surface area contributed by atoms with Crippen LogP contribution in [0.3, 0.4) is 0 Å². The van der Waals surface area contributed by atoms with E-state index >= 15 is 0 Å². The molecule has 1 unspecified atom stereocenters. The van der Waals surface area contributed by atoms with E-state index in [1.54, 1.807) is 6.92 Å². The van der Waals surface area contributed by atoms with Crippen LogP contribution in [-0.2, 0) is 10.8 Å². The maximum absolute atomic E-state index is 11.4. The van der Waals surface area contributed by atoms with Gasteiger partial charge < -0.3 is 0 Å². The average molecular weight is 235 g/mol. The molecule has 0 N–H and O–H groups in total. The van der Waals surface area contributed by atoms with Gasteiger partial charge in [-0.15, -0.1) is 0 Å². The van der Waals surface area contributed by atoms with Crippen LogP contribution in [0, 0.1) is 10.1 Å². The fourth-order valence-corrected chi connectivity index (χ4v) is 2.11. The molecule has 1 rings (SSSR count). The second-order valence-electron chi connectivity index (χ2n) is 2.34. The highest BCUT2D eigenvalue weighted by Crippen LogP contribution is 2.28. The van der Waals surface area contributed by atoms with Gasteiger partial charge in [0.15, 0.2) is 0 Å². The van der Waals surface area contributed by atoms with Crippen molar-refractivity contribution >= 4 is 28.1 Å². The number of aromatic nitrogens is 1. The Morgan fingerprint density at radius 3 is 2.86 bits per heavy atom. The van der Waals surface area contributed by atoms with Crippen LogP contribution in [0.4, 0.5) is 5.69 Å². The Morgan fingerprint density at radius 1 is 1.71 bits per heavy atom. The van der Waals surface area contributed by atoms with Crippen molar-refractivity contribution in [3.63, 3.8) is 0 Å². The minimum atomic E-state index is -1.40. The average Bonchev–Trinajstić information content (AvgIpc) is 2.15. The lowest BCUT2D eigenvalue weighted by atomic mass is 10.4. The van der Waals surface area contributed by atoms with Crippen molar-refractivity contribution in [3.8, 4) is 0 Å². The Morgan fingerprint density at radius 2 is 2.36 bits per heavy atom. The topological polar surface area (TPSA) is 73.1 Å². The lowest BCUT2D eigenvalue weighted by molar-refractivity contribution is -0.388. The smallest absolute Gasteiger partial charge is 0.258 e. The Hall–Kier alpha value is -1.01. The summed E-state index contributed by atoms with van der Waals surface area (Å²) in [5.74, 6) is 0.307. The number of hydrogen-bond acceptors (Lipinski definition) is 4. The maximum atomic E-state index is 11.4. The van der Waals surface area contributed by atoms with E-state index < -0.39 is 15.7 Å². The minimum Gasteiger partial charge on any atom is -0.258 e. The predicted octanol–water partition coefficient (Wildman–Crippen LogP) is 1.77. The molecule has 0 fully saturated rings. The van der Waals surface area contributed by atoms with E-state index in [0.717, 1.165) is 0 Å². The van der Waals surface area contributed by atoms with E-state index in [-0.39, 0.29) is 15.7 Å². The molecular weight excluding hydrogens is 228 g/mol. The molecule has 1 atom stereocenters. The Bertz CT molecular complexity index is 397. The van der Waals surface area contributed by atoms with Crippen LogP contribution in [0.15, 0.2) is 17.2 Å². The number of hydrogen-bond donors (Lipinski definition) is 0. The zero-order chi connectivity index (χ0) is 10.7. The third-order valence-corrected chi connectivity index (χ3v) is 3.15. The first-order chi connectivity index (χ1) is 6.57. The monoisotopic (exact) mass is 234 g/mol. The standard InChI is InChI=1S/C7H7ClN2O3S/c1-2-14(13)5-3-4-9-7(8)6(5)10(11)12/h3-4H,2H2,1H3. The van der Waals surface area contributed by atoms with Crippen molar-refractivity contribution in [2.45, 2.75) is 11.8 Å². The number of pyridine rings is 1. The second kappa shape index (κ2) is 4.47. The SMILES string of the molecule is CCS(=O)c1ccnc(Cl)c1[N+](=O)[O-]. The fraction of sp³-hybridized carbons (Fsp3) is 0.286. The van der Waals surface area contributed by atoms with Crippen LogP contribution in [0.1, 0.15) is 6.92 Å². The van der Waals surface area contributed by atoms with Crippen molar-refractivity contribution in [3.05, 3.63) is 27.5 Å². The first kappa shape index (κ1) is 11.1. The quantitative estimate of drug-likeness (QED) is 0.454. The van der Waals surface area contributed by atoms with E-state index in [4.69, 9.17) is 11.6 Å². The summed E-state index contributed by atoms with van der Waals surface area (Å²) in [5.41, 5.74) is -0.366. The van der Waals surface area contributed by atoms with Gasteiger partial charge in [0.05, 0.1) is 15.7 Å². The molecule has 5 nitrogen and oxygen atoms in total. The largest absolute Gasteiger partial charge is 0.322 e. The van der Waals surface area contributed by atoms with Crippen LogP contribution in [0.5, 0.6) is 0 Å². The van der Waals surface area contributed by atoms with Gasteiger partial charge in [0.25, 0.3) is 0 Å². The molecule has 0 aliphatic rings. The number of rotatable bonds is 3. The van der Waals surface area contributed by atoms with Crippen LogP contribution in [0.2, 0.25) is 5.15 Å². The van der Waals surface area contributed by atoms with Gasteiger partial charge in [-0.2, -0.15) is 0 Å². The summed E-state index contributed by atoms with van der Waals surface area (Å²) in [7, 11) is -1.40. The molecule has 0 aliphatic heterocycles. The Balaban J connectivity index is 3.35. The molecular formula is C7H7ClN2O3S. The number of nitro groups is 1. The van der Waals surface area contributed by atoms with Crippen molar-refractivity contribution < 1.29 is 9.13 Å². The van der Waals surface area contributed by atoms with E-state index in [1.165, 1.54) is 12.3 Å². The molecule has 1 aromatic heterocycles. The molecule has 14 heavy (non-hydrogen) atoms. The highest BCUT2D eigenvalue weighted by Gasteiger charge is 2.22. The highest BCUT2D eigenvalue weighted by atomic mass is 35.5. The lowest BCUT2D eigenvalue weighted by Crippen LogP contribution is -2.01. The molecule has 0 aliphatic carbocycles. The molecule has 0 saturated carbocycles. The highest BCUT2D eigenvalue weighted by molar-refractivity contribution is 7.85. The molecule has 0 amide bonds. The number of halogens is 1. The fourth-order valence-electron chi connectivity index (χ4n) is 0.917. The van der Waals surface area contributed by atoms with Crippen LogP contribution in [0.25, 0.3) is 0 Å². The molecule has 1 heterocycles. The van der Waals surface area contributed by atoms with E-state index in [2.05, 4.69) is 4.98 Å². The summed E-state index contributed by atoms with van der Waals surface area (Å²) in [6.07, 6.45) is 1.30. The van der Waals surface area contributed by atoms with Gasteiger partial charge in [0.2, 0.25) is 5.15 Å². The summed E-state index contributed by atoms with van der Waals surface area (Å²) in [5, 5.41) is 10.4. The van der Waals surface area contributed by atoms with E-state index in [1.807, 2.05) is 0 Å². The predicted molar refractivity (Wildman–Crippen MR) is 52.9 cm³/mol. The van der Waals surface area contributed by atoms with Crippen molar-refractivity contribution in [1.82, 2.24) is 4.98 Å². The molecule has 0 spiro atoms. The Labute approximate surface area is 87.7 Å². The molecule has 1 aromatic rings. The molecule has 0 aromatic carbocycles. The normalized spacial score (nSPS) is 12.4. The van der Waals surface area contributed by atoms with Crippen LogP contribution >= 0.6 is 11.6 Å². The van der Waals surface area contributed by atoms with Crippen molar-refractivity contribution in [2.75, 3.05) is 5.75 Å². The summed E-state index contributed by atoms with van der Waals surface area (Å²) >= 11 is 5.54. The van der Waals surface area contributed by atoms with Gasteiger partial charge in [-0.05, 0) is 6.07 Å². The second-order valence-corrected chi connectivity index (χ2v) is 4.41. The maximum Gasteiger partial charge on any atom is 0.322 e. The molecule has 0 radical (unpaired) electrons. The van der Waals surface area contributed by atoms with Gasteiger partial charge in [-0.1, -0.05) is 18.5 Å². The zero-order valence-electron chi connectivity index (χ0n) is 7.27. The van der Waals surface area contributed by atoms with Crippen molar-refractivity contribution in [2.24, 2.45) is 0 Å². The summed E-state index contributed by atoms with van der Waals surface area (Å²) in [6, 6.07) is 1.35. The van der Waals surface area contributed by atoms with Crippen molar-refractivity contribution in [1.29, 1.82) is 0 Å². The van der Waals surface area contributed by atoms with Gasteiger partial charge in [-0.25, -0.2) is 4.98 Å². The molecule has 0 saturated heterocycles. The van der Waals surface area contributed by atoms with E-state index in [0.29, 0.717) is 5.75 Å². The van der Waals surface area contributed by atoms with Gasteiger partial charge in [-0.3, -0.25) is 14.3 Å². The van der Waals surface area contributed by atoms with Gasteiger partial charge in [0, 0.05) is 11.9 Å². The first-order valence-corrected chi connectivity index (χ1v) is 5.45. The molecule has 0 bridgehead atoms. The van der Waals surface area contributed by atoms with Gasteiger partial charge in [0.1, 0.15) is 4.90 Å². The lowest BCUT2D eigenvalue weighted by Gasteiger charge is -2.01. The van der Waals surface area contributed by atoms with Gasteiger partial charge >= 0.3 is 5.69 Å². The molecule has 7 heteroatoms. The summed E-state index contributed by atoms with van der Waals surface area (Å²) < 4.78 is 11.4. The Kier molecular flexibility index (Phi) is 3.54. The van der Waals surface area contributed by atoms with Crippen LogP contribution < -0.4 is 0 Å². The van der Waals surface area contributed by atoms with E-state index in [9.17, 15) is 14.3 Å². The third-order valence-electron chi connectivity index (χ3n) is 1.53.